The van der Waals surface area contributed by atoms with Crippen molar-refractivity contribution in [2.45, 2.75) is 6.92 Å². The molecule has 0 bridgehead atoms. The van der Waals surface area contributed by atoms with E-state index < -0.39 is 0 Å². The summed E-state index contributed by atoms with van der Waals surface area (Å²) in [5.74, 6) is 1.75. The summed E-state index contributed by atoms with van der Waals surface area (Å²) in [6, 6.07) is 14.2. The highest BCUT2D eigenvalue weighted by Gasteiger charge is 2.19. The molecule has 0 saturated heterocycles. The molecule has 6 heteroatoms. The van der Waals surface area contributed by atoms with Crippen LogP contribution in [0.15, 0.2) is 52.9 Å². The van der Waals surface area contributed by atoms with E-state index in [1.165, 1.54) is 6.07 Å². The minimum atomic E-state index is -0.291. The highest BCUT2D eigenvalue weighted by atomic mass is 19.1. The number of fused-ring (bicyclic) bond motifs is 1. The van der Waals surface area contributed by atoms with Gasteiger partial charge in [-0.25, -0.2) is 9.37 Å². The average Bonchev–Trinajstić information content (AvgIpc) is 3.17. The van der Waals surface area contributed by atoms with Crippen LogP contribution in [0.5, 0.6) is 17.2 Å². The number of hydrogen-bond donors (Lipinski definition) is 0. The third-order valence-electron chi connectivity index (χ3n) is 4.90. The van der Waals surface area contributed by atoms with Crippen molar-refractivity contribution < 1.29 is 23.0 Å². The SMILES string of the molecule is COc1ccc(-c2ccc3nc(-c4cccc(F)c4C)oc3c2)c(OC)c1OC. The molecular weight excluding hydrogens is 373 g/mol. The highest BCUT2D eigenvalue weighted by Crippen LogP contribution is 2.44. The van der Waals surface area contributed by atoms with Crippen molar-refractivity contribution in [3.05, 3.63) is 59.9 Å². The Morgan fingerprint density at radius 1 is 0.862 bits per heavy atom. The van der Waals surface area contributed by atoms with Crippen LogP contribution in [0.25, 0.3) is 33.7 Å². The summed E-state index contributed by atoms with van der Waals surface area (Å²) in [7, 11) is 4.73. The van der Waals surface area contributed by atoms with Crippen molar-refractivity contribution in [2.24, 2.45) is 0 Å². The van der Waals surface area contributed by atoms with Crippen LogP contribution in [0.3, 0.4) is 0 Å². The monoisotopic (exact) mass is 393 g/mol. The molecule has 0 aliphatic rings. The molecule has 0 radical (unpaired) electrons. The summed E-state index contributed by atoms with van der Waals surface area (Å²) < 4.78 is 36.3. The third kappa shape index (κ3) is 3.16. The van der Waals surface area contributed by atoms with Crippen LogP contribution in [0, 0.1) is 12.7 Å². The summed E-state index contributed by atoms with van der Waals surface area (Å²) in [5, 5.41) is 0. The number of oxazole rings is 1. The molecule has 4 rings (SSSR count). The normalized spacial score (nSPS) is 10.9. The van der Waals surface area contributed by atoms with E-state index in [1.807, 2.05) is 30.3 Å². The van der Waals surface area contributed by atoms with Gasteiger partial charge in [-0.2, -0.15) is 0 Å². The van der Waals surface area contributed by atoms with Gasteiger partial charge >= 0.3 is 0 Å². The van der Waals surface area contributed by atoms with E-state index in [1.54, 1.807) is 40.4 Å². The van der Waals surface area contributed by atoms with Crippen LogP contribution in [0.4, 0.5) is 4.39 Å². The molecule has 5 nitrogen and oxygen atoms in total. The fraction of sp³-hybridized carbons (Fsp3) is 0.174. The van der Waals surface area contributed by atoms with E-state index in [4.69, 9.17) is 18.6 Å². The number of nitrogens with zero attached hydrogens (tertiary/aromatic N) is 1. The van der Waals surface area contributed by atoms with Crippen molar-refractivity contribution in [3.63, 3.8) is 0 Å². The first kappa shape index (κ1) is 18.8. The van der Waals surface area contributed by atoms with Crippen LogP contribution >= 0.6 is 0 Å². The van der Waals surface area contributed by atoms with E-state index >= 15 is 0 Å². The molecule has 3 aromatic carbocycles. The number of hydrogen-bond acceptors (Lipinski definition) is 5. The van der Waals surface area contributed by atoms with E-state index in [0.717, 1.165) is 11.1 Å². The standard InChI is InChI=1S/C23H20FNO4/c1-13-15(6-5-7-17(13)24)23-25-18-10-8-14(12-20(18)29-23)16-9-11-19(26-2)22(28-4)21(16)27-3/h5-12H,1-4H3. The maximum atomic E-state index is 13.9. The Balaban J connectivity index is 1.84. The van der Waals surface area contributed by atoms with Crippen LogP contribution in [-0.2, 0) is 0 Å². The Labute approximate surface area is 167 Å². The van der Waals surface area contributed by atoms with Crippen molar-refractivity contribution in [1.82, 2.24) is 4.98 Å². The van der Waals surface area contributed by atoms with Crippen molar-refractivity contribution in [1.29, 1.82) is 0 Å². The maximum Gasteiger partial charge on any atom is 0.227 e. The molecule has 0 amide bonds. The summed E-state index contributed by atoms with van der Waals surface area (Å²) >= 11 is 0. The Hall–Kier alpha value is -3.54. The number of aromatic nitrogens is 1. The van der Waals surface area contributed by atoms with Crippen molar-refractivity contribution >= 4 is 11.1 Å². The Bertz CT molecular complexity index is 1200. The van der Waals surface area contributed by atoms with E-state index in [9.17, 15) is 4.39 Å². The van der Waals surface area contributed by atoms with Gasteiger partial charge in [-0.3, -0.25) is 0 Å². The molecule has 148 valence electrons. The van der Waals surface area contributed by atoms with Gasteiger partial charge in [0.05, 0.1) is 21.3 Å². The lowest BCUT2D eigenvalue weighted by atomic mass is 10.0. The Morgan fingerprint density at radius 3 is 2.38 bits per heavy atom. The van der Waals surface area contributed by atoms with Crippen LogP contribution in [0.1, 0.15) is 5.56 Å². The summed E-state index contributed by atoms with van der Waals surface area (Å²) in [6.45, 7) is 1.71. The van der Waals surface area contributed by atoms with Gasteiger partial charge in [-0.1, -0.05) is 12.1 Å². The second-order valence-electron chi connectivity index (χ2n) is 6.50. The van der Waals surface area contributed by atoms with Gasteiger partial charge in [0.1, 0.15) is 11.3 Å². The first-order valence-corrected chi connectivity index (χ1v) is 9.02. The van der Waals surface area contributed by atoms with E-state index in [-0.39, 0.29) is 5.82 Å². The number of ether oxygens (including phenoxy) is 3. The lowest BCUT2D eigenvalue weighted by Crippen LogP contribution is -1.96. The molecular formula is C23H20FNO4. The second kappa shape index (κ2) is 7.47. The quantitative estimate of drug-likeness (QED) is 0.439. The number of halogens is 1. The lowest BCUT2D eigenvalue weighted by Gasteiger charge is -2.15. The zero-order valence-electron chi connectivity index (χ0n) is 16.6. The summed E-state index contributed by atoms with van der Waals surface area (Å²) in [6.07, 6.45) is 0. The second-order valence-corrected chi connectivity index (χ2v) is 6.50. The smallest absolute Gasteiger partial charge is 0.227 e. The molecule has 29 heavy (non-hydrogen) atoms. The summed E-state index contributed by atoms with van der Waals surface area (Å²) in [4.78, 5) is 4.51. The molecule has 1 heterocycles. The molecule has 0 saturated carbocycles. The van der Waals surface area contributed by atoms with Crippen LogP contribution in [0.2, 0.25) is 0 Å². The lowest BCUT2D eigenvalue weighted by molar-refractivity contribution is 0.325. The fourth-order valence-corrected chi connectivity index (χ4v) is 3.38. The molecule has 0 fully saturated rings. The van der Waals surface area contributed by atoms with E-state index in [0.29, 0.717) is 45.4 Å². The molecule has 0 aliphatic heterocycles. The zero-order valence-corrected chi connectivity index (χ0v) is 16.6. The average molecular weight is 393 g/mol. The van der Waals surface area contributed by atoms with Gasteiger partial charge in [-0.15, -0.1) is 0 Å². The van der Waals surface area contributed by atoms with Crippen molar-refractivity contribution in [2.75, 3.05) is 21.3 Å². The first-order chi connectivity index (χ1) is 14.1. The molecule has 0 atom stereocenters. The predicted molar refractivity (Wildman–Crippen MR) is 109 cm³/mol. The number of benzene rings is 3. The minimum absolute atomic E-state index is 0.291. The molecule has 0 unspecified atom stereocenters. The molecule has 1 aromatic heterocycles. The van der Waals surface area contributed by atoms with Gasteiger partial charge in [0.15, 0.2) is 17.1 Å². The number of rotatable bonds is 5. The maximum absolute atomic E-state index is 13.9. The largest absolute Gasteiger partial charge is 0.493 e. The van der Waals surface area contributed by atoms with Crippen LogP contribution in [-0.4, -0.2) is 26.3 Å². The van der Waals surface area contributed by atoms with Crippen LogP contribution < -0.4 is 14.2 Å². The zero-order chi connectivity index (χ0) is 20.5. The Morgan fingerprint density at radius 2 is 1.66 bits per heavy atom. The molecule has 4 aromatic rings. The highest BCUT2D eigenvalue weighted by molar-refractivity contribution is 5.85. The predicted octanol–water partition coefficient (Wildman–Crippen LogP) is 5.64. The fourth-order valence-electron chi connectivity index (χ4n) is 3.38. The summed E-state index contributed by atoms with van der Waals surface area (Å²) in [5.41, 5.74) is 4.11. The minimum Gasteiger partial charge on any atom is -0.493 e. The van der Waals surface area contributed by atoms with Crippen molar-refractivity contribution in [3.8, 4) is 39.8 Å². The van der Waals surface area contributed by atoms with Gasteiger partial charge < -0.3 is 18.6 Å². The van der Waals surface area contributed by atoms with Gasteiger partial charge in [0.2, 0.25) is 11.6 Å². The van der Waals surface area contributed by atoms with Gasteiger partial charge in [-0.05, 0) is 54.4 Å². The first-order valence-electron chi connectivity index (χ1n) is 9.02. The molecule has 0 N–H and O–H groups in total. The van der Waals surface area contributed by atoms with Gasteiger partial charge in [0.25, 0.3) is 0 Å². The van der Waals surface area contributed by atoms with E-state index in [2.05, 4.69) is 4.98 Å². The number of methoxy groups -OCH3 is 3. The molecule has 0 aliphatic carbocycles. The Kier molecular flexibility index (Phi) is 4.84. The molecule has 0 spiro atoms. The topological polar surface area (TPSA) is 53.7 Å². The van der Waals surface area contributed by atoms with Gasteiger partial charge in [0, 0.05) is 11.1 Å². The third-order valence-corrected chi connectivity index (χ3v) is 4.90.